The van der Waals surface area contributed by atoms with Crippen molar-refractivity contribution in [2.45, 2.75) is 46.2 Å². The Balaban J connectivity index is 2.65. The third kappa shape index (κ3) is 4.04. The van der Waals surface area contributed by atoms with Crippen molar-refractivity contribution in [3.05, 3.63) is 29.8 Å². The average molecular weight is 235 g/mol. The van der Waals surface area contributed by atoms with Crippen LogP contribution in [-0.4, -0.2) is 13.2 Å². The van der Waals surface area contributed by atoms with Gasteiger partial charge in [0.25, 0.3) is 0 Å². The van der Waals surface area contributed by atoms with Gasteiger partial charge in [-0.05, 0) is 37.0 Å². The SMILES string of the molecule is CCC(N[C@H](C)c1ccc(OC)cc1)C(C)C. The van der Waals surface area contributed by atoms with E-state index in [4.69, 9.17) is 4.74 Å². The van der Waals surface area contributed by atoms with Crippen LogP contribution >= 0.6 is 0 Å². The fourth-order valence-corrected chi connectivity index (χ4v) is 2.09. The molecule has 96 valence electrons. The Morgan fingerprint density at radius 3 is 2.12 bits per heavy atom. The van der Waals surface area contributed by atoms with Gasteiger partial charge in [0.05, 0.1) is 7.11 Å². The van der Waals surface area contributed by atoms with E-state index in [-0.39, 0.29) is 0 Å². The summed E-state index contributed by atoms with van der Waals surface area (Å²) in [6.07, 6.45) is 1.16. The van der Waals surface area contributed by atoms with Crippen molar-refractivity contribution in [1.29, 1.82) is 0 Å². The minimum absolute atomic E-state index is 0.383. The van der Waals surface area contributed by atoms with E-state index in [0.717, 1.165) is 12.2 Å². The molecule has 0 fully saturated rings. The lowest BCUT2D eigenvalue weighted by molar-refractivity contribution is 0.355. The monoisotopic (exact) mass is 235 g/mol. The molecule has 0 aromatic heterocycles. The molecule has 1 rings (SSSR count). The molecule has 0 spiro atoms. The zero-order chi connectivity index (χ0) is 12.8. The van der Waals surface area contributed by atoms with E-state index in [1.807, 2.05) is 12.1 Å². The fraction of sp³-hybridized carbons (Fsp3) is 0.600. The van der Waals surface area contributed by atoms with E-state index in [9.17, 15) is 0 Å². The summed E-state index contributed by atoms with van der Waals surface area (Å²) in [6, 6.07) is 9.25. The molecular formula is C15H25NO. The molecule has 0 saturated carbocycles. The summed E-state index contributed by atoms with van der Waals surface area (Å²) >= 11 is 0. The van der Waals surface area contributed by atoms with E-state index in [0.29, 0.717) is 18.0 Å². The highest BCUT2D eigenvalue weighted by Gasteiger charge is 2.14. The van der Waals surface area contributed by atoms with Gasteiger partial charge < -0.3 is 10.1 Å². The first-order chi connectivity index (χ1) is 8.08. The maximum atomic E-state index is 5.17. The second-order valence-corrected chi connectivity index (χ2v) is 4.92. The summed E-state index contributed by atoms with van der Waals surface area (Å²) in [5.74, 6) is 1.58. The third-order valence-electron chi connectivity index (χ3n) is 3.32. The quantitative estimate of drug-likeness (QED) is 0.810. The second kappa shape index (κ2) is 6.65. The summed E-state index contributed by atoms with van der Waals surface area (Å²) in [5, 5.41) is 3.68. The second-order valence-electron chi connectivity index (χ2n) is 4.92. The number of methoxy groups -OCH3 is 1. The molecule has 2 atom stereocenters. The first-order valence-electron chi connectivity index (χ1n) is 6.48. The highest BCUT2D eigenvalue weighted by Crippen LogP contribution is 2.19. The molecule has 0 aliphatic carbocycles. The van der Waals surface area contributed by atoms with Gasteiger partial charge in [-0.25, -0.2) is 0 Å². The van der Waals surface area contributed by atoms with Crippen molar-refractivity contribution in [3.8, 4) is 5.75 Å². The highest BCUT2D eigenvalue weighted by molar-refractivity contribution is 5.28. The summed E-state index contributed by atoms with van der Waals surface area (Å²) in [6.45, 7) is 8.98. The molecule has 1 N–H and O–H groups in total. The fourth-order valence-electron chi connectivity index (χ4n) is 2.09. The van der Waals surface area contributed by atoms with E-state index < -0.39 is 0 Å². The molecular weight excluding hydrogens is 210 g/mol. The van der Waals surface area contributed by atoms with Gasteiger partial charge in [-0.2, -0.15) is 0 Å². The summed E-state index contributed by atoms with van der Waals surface area (Å²) < 4.78 is 5.17. The van der Waals surface area contributed by atoms with Crippen molar-refractivity contribution in [3.63, 3.8) is 0 Å². The van der Waals surface area contributed by atoms with Gasteiger partial charge in [-0.3, -0.25) is 0 Å². The van der Waals surface area contributed by atoms with Crippen molar-refractivity contribution in [2.75, 3.05) is 7.11 Å². The predicted octanol–water partition coefficient (Wildman–Crippen LogP) is 3.78. The molecule has 2 heteroatoms. The molecule has 0 amide bonds. The Morgan fingerprint density at radius 2 is 1.71 bits per heavy atom. The Hall–Kier alpha value is -1.02. The number of benzene rings is 1. The first kappa shape index (κ1) is 14.0. The summed E-state index contributed by atoms with van der Waals surface area (Å²) in [5.41, 5.74) is 1.31. The van der Waals surface area contributed by atoms with E-state index in [1.54, 1.807) is 7.11 Å². The van der Waals surface area contributed by atoms with Gasteiger partial charge in [0, 0.05) is 12.1 Å². The lowest BCUT2D eigenvalue weighted by Crippen LogP contribution is -2.35. The van der Waals surface area contributed by atoms with E-state index in [2.05, 4.69) is 45.1 Å². The topological polar surface area (TPSA) is 21.3 Å². The minimum Gasteiger partial charge on any atom is -0.497 e. The lowest BCUT2D eigenvalue weighted by Gasteiger charge is -2.25. The maximum absolute atomic E-state index is 5.17. The van der Waals surface area contributed by atoms with Crippen LogP contribution in [0.3, 0.4) is 0 Å². The van der Waals surface area contributed by atoms with Crippen molar-refractivity contribution in [2.24, 2.45) is 5.92 Å². The van der Waals surface area contributed by atoms with Crippen molar-refractivity contribution < 1.29 is 4.74 Å². The van der Waals surface area contributed by atoms with Crippen LogP contribution in [0.1, 0.15) is 45.7 Å². The molecule has 0 heterocycles. The molecule has 0 radical (unpaired) electrons. The van der Waals surface area contributed by atoms with Crippen LogP contribution < -0.4 is 10.1 Å². The third-order valence-corrected chi connectivity index (χ3v) is 3.32. The molecule has 1 aromatic carbocycles. The minimum atomic E-state index is 0.383. The normalized spacial score (nSPS) is 14.7. The first-order valence-corrected chi connectivity index (χ1v) is 6.48. The molecule has 0 bridgehead atoms. The van der Waals surface area contributed by atoms with Crippen LogP contribution in [0.5, 0.6) is 5.75 Å². The molecule has 1 unspecified atom stereocenters. The van der Waals surface area contributed by atoms with Crippen LogP contribution in [0.2, 0.25) is 0 Å². The Bertz CT molecular complexity index is 318. The Labute approximate surface area is 105 Å². The molecule has 0 saturated heterocycles. The number of ether oxygens (including phenoxy) is 1. The number of hydrogen-bond donors (Lipinski definition) is 1. The summed E-state index contributed by atoms with van der Waals surface area (Å²) in [4.78, 5) is 0. The van der Waals surface area contributed by atoms with Crippen molar-refractivity contribution >= 4 is 0 Å². The van der Waals surface area contributed by atoms with Crippen LogP contribution in [0.25, 0.3) is 0 Å². The maximum Gasteiger partial charge on any atom is 0.118 e. The number of rotatable bonds is 6. The number of nitrogens with one attached hydrogen (secondary N) is 1. The predicted molar refractivity (Wildman–Crippen MR) is 73.5 cm³/mol. The van der Waals surface area contributed by atoms with E-state index >= 15 is 0 Å². The highest BCUT2D eigenvalue weighted by atomic mass is 16.5. The van der Waals surface area contributed by atoms with Gasteiger partial charge in [0.2, 0.25) is 0 Å². The molecule has 1 aromatic rings. The van der Waals surface area contributed by atoms with Gasteiger partial charge in [-0.1, -0.05) is 32.9 Å². The molecule has 17 heavy (non-hydrogen) atoms. The van der Waals surface area contributed by atoms with Crippen LogP contribution in [-0.2, 0) is 0 Å². The number of hydrogen-bond acceptors (Lipinski definition) is 2. The van der Waals surface area contributed by atoms with Gasteiger partial charge in [0.1, 0.15) is 5.75 Å². The van der Waals surface area contributed by atoms with E-state index in [1.165, 1.54) is 5.56 Å². The van der Waals surface area contributed by atoms with Gasteiger partial charge in [0.15, 0.2) is 0 Å². The van der Waals surface area contributed by atoms with Crippen LogP contribution in [0.4, 0.5) is 0 Å². The smallest absolute Gasteiger partial charge is 0.118 e. The van der Waals surface area contributed by atoms with Crippen molar-refractivity contribution in [1.82, 2.24) is 5.32 Å². The lowest BCUT2D eigenvalue weighted by atomic mass is 9.99. The largest absolute Gasteiger partial charge is 0.497 e. The standard InChI is InChI=1S/C15H25NO/c1-6-15(11(2)3)16-12(4)13-7-9-14(17-5)10-8-13/h7-12,15-16H,6H2,1-5H3/t12-,15?/m1/s1. The Kier molecular flexibility index (Phi) is 5.49. The molecule has 0 aliphatic heterocycles. The van der Waals surface area contributed by atoms with Crippen LogP contribution in [0.15, 0.2) is 24.3 Å². The zero-order valence-corrected chi connectivity index (χ0v) is 11.7. The molecule has 0 aliphatic rings. The van der Waals surface area contributed by atoms with Crippen LogP contribution in [0, 0.1) is 5.92 Å². The zero-order valence-electron chi connectivity index (χ0n) is 11.7. The van der Waals surface area contributed by atoms with Gasteiger partial charge in [-0.15, -0.1) is 0 Å². The Morgan fingerprint density at radius 1 is 1.12 bits per heavy atom. The van der Waals surface area contributed by atoms with Gasteiger partial charge >= 0.3 is 0 Å². The average Bonchev–Trinajstić information content (AvgIpc) is 2.35. The summed E-state index contributed by atoms with van der Waals surface area (Å²) in [7, 11) is 1.70. The molecule has 2 nitrogen and oxygen atoms in total.